The molecule has 1 aromatic carbocycles. The highest BCUT2D eigenvalue weighted by Gasteiger charge is 2.16. The van der Waals surface area contributed by atoms with Crippen molar-refractivity contribution in [3.8, 4) is 11.3 Å². The van der Waals surface area contributed by atoms with E-state index < -0.39 is 10.0 Å². The molecule has 0 atom stereocenters. The number of benzene rings is 1. The third-order valence-corrected chi connectivity index (χ3v) is 6.50. The van der Waals surface area contributed by atoms with Gasteiger partial charge in [0.15, 0.2) is 0 Å². The van der Waals surface area contributed by atoms with Crippen LogP contribution >= 0.6 is 11.3 Å². The van der Waals surface area contributed by atoms with Crippen molar-refractivity contribution in [2.45, 2.75) is 24.5 Å². The minimum Gasteiger partial charge on any atom is -0.342 e. The van der Waals surface area contributed by atoms with E-state index in [0.29, 0.717) is 9.90 Å². The summed E-state index contributed by atoms with van der Waals surface area (Å²) in [5.74, 6) is 0.842. The molecular weight excluding hydrogens is 330 g/mol. The third-order valence-electron chi connectivity index (χ3n) is 3.40. The summed E-state index contributed by atoms with van der Waals surface area (Å²) in [5.41, 5.74) is 2.40. The molecule has 5 nitrogen and oxygen atoms in total. The van der Waals surface area contributed by atoms with Crippen molar-refractivity contribution in [2.75, 3.05) is 4.72 Å². The number of nitrogens with zero attached hydrogens (tertiary/aromatic N) is 1. The summed E-state index contributed by atoms with van der Waals surface area (Å²) in [6, 6.07) is 10.7. The summed E-state index contributed by atoms with van der Waals surface area (Å²) >= 11 is 1.30. The van der Waals surface area contributed by atoms with Gasteiger partial charge < -0.3 is 4.98 Å². The number of hydrogen-bond acceptors (Lipinski definition) is 4. The molecule has 120 valence electrons. The SMILES string of the molecule is CCc1ccc(S(=O)(=O)Nc2ccc(-c3cnc(C)[nH]3)cc2)s1. The lowest BCUT2D eigenvalue weighted by molar-refractivity contribution is 0.603. The fourth-order valence-electron chi connectivity index (χ4n) is 2.18. The van der Waals surface area contributed by atoms with Crippen LogP contribution in [-0.2, 0) is 16.4 Å². The predicted octanol–water partition coefficient (Wildman–Crippen LogP) is 3.81. The van der Waals surface area contributed by atoms with E-state index in [-0.39, 0.29) is 0 Å². The molecule has 0 saturated carbocycles. The minimum absolute atomic E-state index is 0.336. The van der Waals surface area contributed by atoms with Gasteiger partial charge >= 0.3 is 0 Å². The van der Waals surface area contributed by atoms with E-state index in [1.807, 2.05) is 32.0 Å². The van der Waals surface area contributed by atoms with Crippen LogP contribution in [0, 0.1) is 6.92 Å². The molecule has 2 N–H and O–H groups in total. The molecule has 23 heavy (non-hydrogen) atoms. The number of thiophene rings is 1. The smallest absolute Gasteiger partial charge is 0.271 e. The van der Waals surface area contributed by atoms with Crippen molar-refractivity contribution in [3.63, 3.8) is 0 Å². The van der Waals surface area contributed by atoms with Crippen molar-refractivity contribution in [2.24, 2.45) is 0 Å². The van der Waals surface area contributed by atoms with Crippen LogP contribution in [0.4, 0.5) is 5.69 Å². The first-order chi connectivity index (χ1) is 11.0. The summed E-state index contributed by atoms with van der Waals surface area (Å²) < 4.78 is 27.7. The molecule has 0 fully saturated rings. The highest BCUT2D eigenvalue weighted by atomic mass is 32.2. The van der Waals surface area contributed by atoms with Crippen LogP contribution in [0.3, 0.4) is 0 Å². The molecule has 7 heteroatoms. The zero-order chi connectivity index (χ0) is 16.4. The Morgan fingerprint density at radius 2 is 1.91 bits per heavy atom. The Kier molecular flexibility index (Phi) is 4.23. The second-order valence-corrected chi connectivity index (χ2v) is 8.22. The van der Waals surface area contributed by atoms with Gasteiger partial charge in [-0.05, 0) is 43.2 Å². The van der Waals surface area contributed by atoms with Crippen molar-refractivity contribution >= 4 is 27.0 Å². The number of nitrogens with one attached hydrogen (secondary N) is 2. The molecule has 0 amide bonds. The fraction of sp³-hybridized carbons (Fsp3) is 0.188. The Balaban J connectivity index is 1.80. The molecule has 0 aliphatic heterocycles. The summed E-state index contributed by atoms with van der Waals surface area (Å²) in [5, 5.41) is 0. The van der Waals surface area contributed by atoms with E-state index in [4.69, 9.17) is 0 Å². The Hall–Kier alpha value is -2.12. The normalized spacial score (nSPS) is 11.6. The first-order valence-corrected chi connectivity index (χ1v) is 9.51. The van der Waals surface area contributed by atoms with Gasteiger partial charge in [-0.3, -0.25) is 4.72 Å². The van der Waals surface area contributed by atoms with Gasteiger partial charge in [-0.2, -0.15) is 0 Å². The number of aromatic amines is 1. The first kappa shape index (κ1) is 15.8. The summed E-state index contributed by atoms with van der Waals surface area (Å²) in [7, 11) is -3.53. The maximum atomic E-state index is 12.4. The summed E-state index contributed by atoms with van der Waals surface area (Å²) in [6.45, 7) is 3.89. The number of sulfonamides is 1. The maximum absolute atomic E-state index is 12.4. The monoisotopic (exact) mass is 347 g/mol. The molecule has 3 aromatic rings. The van der Waals surface area contributed by atoms with Crippen LogP contribution in [0.5, 0.6) is 0 Å². The average Bonchev–Trinajstić information content (AvgIpc) is 3.17. The minimum atomic E-state index is -3.53. The van der Waals surface area contributed by atoms with E-state index in [2.05, 4.69) is 14.7 Å². The lowest BCUT2D eigenvalue weighted by Gasteiger charge is -2.07. The molecule has 0 aliphatic rings. The van der Waals surface area contributed by atoms with E-state index in [1.54, 1.807) is 24.4 Å². The van der Waals surface area contributed by atoms with Crippen LogP contribution in [0.15, 0.2) is 46.8 Å². The van der Waals surface area contributed by atoms with Gasteiger partial charge in [0.25, 0.3) is 10.0 Å². The van der Waals surface area contributed by atoms with Crippen LogP contribution in [0.25, 0.3) is 11.3 Å². The van der Waals surface area contributed by atoms with Crippen LogP contribution in [-0.4, -0.2) is 18.4 Å². The van der Waals surface area contributed by atoms with Gasteiger partial charge in [-0.1, -0.05) is 19.1 Å². The first-order valence-electron chi connectivity index (χ1n) is 7.21. The van der Waals surface area contributed by atoms with Gasteiger partial charge in [0.1, 0.15) is 10.0 Å². The lowest BCUT2D eigenvalue weighted by atomic mass is 10.1. The number of H-pyrrole nitrogens is 1. The molecule has 0 saturated heterocycles. The van der Waals surface area contributed by atoms with Gasteiger partial charge in [0.2, 0.25) is 0 Å². The number of imidazole rings is 1. The molecular formula is C16H17N3O2S2. The van der Waals surface area contributed by atoms with Crippen LogP contribution in [0.1, 0.15) is 17.6 Å². The number of aromatic nitrogens is 2. The Morgan fingerprint density at radius 3 is 2.48 bits per heavy atom. The molecule has 0 bridgehead atoms. The van der Waals surface area contributed by atoms with Crippen LogP contribution < -0.4 is 4.72 Å². The lowest BCUT2D eigenvalue weighted by Crippen LogP contribution is -2.11. The molecule has 0 aliphatic carbocycles. The van der Waals surface area contributed by atoms with E-state index in [1.165, 1.54) is 11.3 Å². The standard InChI is InChI=1S/C16H17N3O2S2/c1-3-14-8-9-16(22-14)23(20,21)19-13-6-4-12(5-7-13)15-10-17-11(2)18-15/h4-10,19H,3H2,1-2H3,(H,17,18). The van der Waals surface area contributed by atoms with Gasteiger partial charge in [0, 0.05) is 10.6 Å². The second-order valence-electron chi connectivity index (χ2n) is 5.14. The topological polar surface area (TPSA) is 74.8 Å². The van der Waals surface area contributed by atoms with Crippen molar-refractivity contribution in [1.29, 1.82) is 0 Å². The number of hydrogen-bond donors (Lipinski definition) is 2. The van der Waals surface area contributed by atoms with Crippen molar-refractivity contribution < 1.29 is 8.42 Å². The molecule has 3 rings (SSSR count). The Labute approximate surface area is 139 Å². The zero-order valence-corrected chi connectivity index (χ0v) is 14.5. The summed E-state index contributed by atoms with van der Waals surface area (Å²) in [6.07, 6.45) is 2.59. The quantitative estimate of drug-likeness (QED) is 0.737. The zero-order valence-electron chi connectivity index (χ0n) is 12.8. The molecule has 2 aromatic heterocycles. The summed E-state index contributed by atoms with van der Waals surface area (Å²) in [4.78, 5) is 8.36. The van der Waals surface area contributed by atoms with Crippen molar-refractivity contribution in [1.82, 2.24) is 9.97 Å². The Morgan fingerprint density at radius 1 is 1.17 bits per heavy atom. The van der Waals surface area contributed by atoms with Crippen LogP contribution in [0.2, 0.25) is 0 Å². The average molecular weight is 347 g/mol. The largest absolute Gasteiger partial charge is 0.342 e. The number of anilines is 1. The van der Waals surface area contributed by atoms with E-state index in [9.17, 15) is 8.42 Å². The van der Waals surface area contributed by atoms with E-state index >= 15 is 0 Å². The van der Waals surface area contributed by atoms with Gasteiger partial charge in [-0.15, -0.1) is 11.3 Å². The third kappa shape index (κ3) is 3.46. The maximum Gasteiger partial charge on any atom is 0.271 e. The molecule has 0 spiro atoms. The highest BCUT2D eigenvalue weighted by molar-refractivity contribution is 7.94. The fourth-order valence-corrected chi connectivity index (χ4v) is 4.54. The highest BCUT2D eigenvalue weighted by Crippen LogP contribution is 2.25. The van der Waals surface area contributed by atoms with Crippen molar-refractivity contribution in [3.05, 3.63) is 53.3 Å². The van der Waals surface area contributed by atoms with Gasteiger partial charge in [-0.25, -0.2) is 13.4 Å². The number of rotatable bonds is 5. The second kappa shape index (κ2) is 6.17. The number of aryl methyl sites for hydroxylation is 2. The van der Waals surface area contributed by atoms with E-state index in [0.717, 1.165) is 28.4 Å². The molecule has 0 radical (unpaired) electrons. The van der Waals surface area contributed by atoms with Gasteiger partial charge in [0.05, 0.1) is 11.9 Å². The Bertz CT molecular complexity index is 909. The molecule has 2 heterocycles. The molecule has 0 unspecified atom stereocenters. The predicted molar refractivity (Wildman–Crippen MR) is 93.3 cm³/mol.